The van der Waals surface area contributed by atoms with Gasteiger partial charge in [-0.1, -0.05) is 6.07 Å². The number of likely N-dealkylation sites (N-methyl/N-ethyl adjacent to an activating group) is 1. The van der Waals surface area contributed by atoms with Gasteiger partial charge in [-0.3, -0.25) is 9.59 Å². The first-order chi connectivity index (χ1) is 17.6. The topological polar surface area (TPSA) is 103 Å². The van der Waals surface area contributed by atoms with Crippen LogP contribution in [-0.4, -0.2) is 47.6 Å². The lowest BCUT2D eigenvalue weighted by atomic mass is 9.87. The number of hydrogen-bond donors (Lipinski definition) is 1. The Morgan fingerprint density at radius 1 is 1.11 bits per heavy atom. The fraction of sp³-hybridized carbons (Fsp3) is 0.444. The van der Waals surface area contributed by atoms with Gasteiger partial charge in [-0.05, 0) is 76.9 Å². The highest BCUT2D eigenvalue weighted by Gasteiger charge is 2.48. The van der Waals surface area contributed by atoms with Crippen LogP contribution in [0.2, 0.25) is 0 Å². The van der Waals surface area contributed by atoms with Gasteiger partial charge in [-0.2, -0.15) is 4.98 Å². The molecule has 1 saturated carbocycles. The summed E-state index contributed by atoms with van der Waals surface area (Å²) in [4.78, 5) is 37.2. The third kappa shape index (κ3) is 3.87. The quantitative estimate of drug-likeness (QED) is 0.459. The molecule has 37 heavy (non-hydrogen) atoms. The maximum Gasteiger partial charge on any atom is 0.278 e. The SMILES string of the molecule is CCn1c(=O)c2cnc(Nc3ccc4c(c3)CN(C)CC43CC3)nc2n1-c1ccc(=O)n(C(C)(C)C)n1. The van der Waals surface area contributed by atoms with Crippen molar-refractivity contribution < 1.29 is 0 Å². The van der Waals surface area contributed by atoms with Gasteiger partial charge >= 0.3 is 0 Å². The molecule has 0 atom stereocenters. The van der Waals surface area contributed by atoms with Crippen LogP contribution in [0.4, 0.5) is 11.6 Å². The van der Waals surface area contributed by atoms with E-state index in [-0.39, 0.29) is 11.1 Å². The third-order valence-electron chi connectivity index (χ3n) is 7.41. The molecule has 0 amide bonds. The summed E-state index contributed by atoms with van der Waals surface area (Å²) in [6.45, 7) is 10.1. The van der Waals surface area contributed by atoms with Crippen LogP contribution in [0.25, 0.3) is 16.9 Å². The molecule has 1 aliphatic carbocycles. The first kappa shape index (κ1) is 23.6. The summed E-state index contributed by atoms with van der Waals surface area (Å²) in [6.07, 6.45) is 4.06. The summed E-state index contributed by atoms with van der Waals surface area (Å²) in [5, 5.41) is 8.33. The van der Waals surface area contributed by atoms with Crippen molar-refractivity contribution in [2.75, 3.05) is 18.9 Å². The monoisotopic (exact) mass is 500 g/mol. The van der Waals surface area contributed by atoms with Crippen LogP contribution in [0.1, 0.15) is 51.7 Å². The predicted octanol–water partition coefficient (Wildman–Crippen LogP) is 3.13. The van der Waals surface area contributed by atoms with Crippen molar-refractivity contribution in [2.45, 2.75) is 64.6 Å². The highest BCUT2D eigenvalue weighted by atomic mass is 16.1. The Hall–Kier alpha value is -3.79. The van der Waals surface area contributed by atoms with Crippen LogP contribution < -0.4 is 16.4 Å². The van der Waals surface area contributed by atoms with E-state index >= 15 is 0 Å². The molecule has 1 spiro atoms. The maximum atomic E-state index is 13.2. The zero-order chi connectivity index (χ0) is 26.1. The number of fused-ring (bicyclic) bond motifs is 3. The molecule has 10 heteroatoms. The first-order valence-corrected chi connectivity index (χ1v) is 12.8. The van der Waals surface area contributed by atoms with E-state index in [1.807, 2.05) is 27.7 Å². The molecule has 0 unspecified atom stereocenters. The lowest BCUT2D eigenvalue weighted by Crippen LogP contribution is -2.36. The summed E-state index contributed by atoms with van der Waals surface area (Å²) in [5.41, 5.74) is 3.53. The van der Waals surface area contributed by atoms with Crippen LogP contribution in [0.3, 0.4) is 0 Å². The third-order valence-corrected chi connectivity index (χ3v) is 7.41. The Morgan fingerprint density at radius 2 is 1.89 bits per heavy atom. The Labute approximate surface area is 214 Å². The number of nitrogens with one attached hydrogen (secondary N) is 1. The van der Waals surface area contributed by atoms with Gasteiger partial charge in [-0.25, -0.2) is 19.0 Å². The molecule has 2 aliphatic rings. The van der Waals surface area contributed by atoms with Gasteiger partial charge in [0.25, 0.3) is 11.1 Å². The first-order valence-electron chi connectivity index (χ1n) is 12.8. The second-order valence-electron chi connectivity index (χ2n) is 11.3. The maximum absolute atomic E-state index is 13.2. The van der Waals surface area contributed by atoms with E-state index in [4.69, 9.17) is 4.98 Å². The number of nitrogens with zero attached hydrogens (tertiary/aromatic N) is 7. The van der Waals surface area contributed by atoms with E-state index in [9.17, 15) is 9.59 Å². The van der Waals surface area contributed by atoms with E-state index < -0.39 is 5.54 Å². The molecule has 0 bridgehead atoms. The molecule has 1 N–H and O–H groups in total. The molecule has 6 rings (SSSR count). The molecule has 3 aromatic heterocycles. The fourth-order valence-corrected chi connectivity index (χ4v) is 5.58. The van der Waals surface area contributed by atoms with E-state index in [2.05, 4.69) is 45.5 Å². The van der Waals surface area contributed by atoms with Crippen molar-refractivity contribution >= 4 is 22.7 Å². The minimum atomic E-state index is -0.519. The van der Waals surface area contributed by atoms with Crippen molar-refractivity contribution in [2.24, 2.45) is 0 Å². The molecule has 0 saturated heterocycles. The van der Waals surface area contributed by atoms with Gasteiger partial charge < -0.3 is 10.2 Å². The number of anilines is 2. The Morgan fingerprint density at radius 3 is 2.59 bits per heavy atom. The predicted molar refractivity (Wildman–Crippen MR) is 143 cm³/mol. The Balaban J connectivity index is 1.43. The molecule has 4 heterocycles. The molecular formula is C27H32N8O2. The number of aromatic nitrogens is 6. The van der Waals surface area contributed by atoms with Gasteiger partial charge in [0.15, 0.2) is 11.5 Å². The lowest BCUT2D eigenvalue weighted by molar-refractivity contribution is 0.271. The van der Waals surface area contributed by atoms with Crippen LogP contribution in [-0.2, 0) is 24.0 Å². The summed E-state index contributed by atoms with van der Waals surface area (Å²) in [7, 11) is 2.18. The lowest BCUT2D eigenvalue weighted by Gasteiger charge is -2.32. The summed E-state index contributed by atoms with van der Waals surface area (Å²) in [6, 6.07) is 9.60. The standard InChI is InChI=1S/C27H32N8O2/c1-6-33-24(37)19-14-28-25(29-18-7-8-20-17(13-18)15-32(5)16-27(20)11-12-27)30-23(19)34(33)21-9-10-22(36)35(31-21)26(2,3)4/h7-10,13-14H,6,11-12,15-16H2,1-5H3,(H,28,29,30). The van der Waals surface area contributed by atoms with Crippen LogP contribution in [0.15, 0.2) is 46.1 Å². The normalized spacial score (nSPS) is 16.8. The summed E-state index contributed by atoms with van der Waals surface area (Å²) in [5.74, 6) is 0.837. The minimum Gasteiger partial charge on any atom is -0.324 e. The van der Waals surface area contributed by atoms with E-state index in [0.29, 0.717) is 34.8 Å². The average molecular weight is 501 g/mol. The molecular weight excluding hydrogens is 468 g/mol. The van der Waals surface area contributed by atoms with Crippen LogP contribution in [0, 0.1) is 0 Å². The van der Waals surface area contributed by atoms with Crippen molar-refractivity contribution in [1.29, 1.82) is 0 Å². The Bertz CT molecular complexity index is 1650. The number of benzene rings is 1. The molecule has 1 aromatic carbocycles. The number of rotatable bonds is 4. The van der Waals surface area contributed by atoms with Crippen molar-refractivity contribution in [3.63, 3.8) is 0 Å². The second kappa shape index (κ2) is 8.11. The van der Waals surface area contributed by atoms with Crippen molar-refractivity contribution in [3.05, 3.63) is 68.4 Å². The number of hydrogen-bond acceptors (Lipinski definition) is 7. The zero-order valence-electron chi connectivity index (χ0n) is 21.9. The molecule has 10 nitrogen and oxygen atoms in total. The largest absolute Gasteiger partial charge is 0.324 e. The molecule has 4 aromatic rings. The average Bonchev–Trinajstić information content (AvgIpc) is 3.54. The van der Waals surface area contributed by atoms with Crippen LogP contribution >= 0.6 is 0 Å². The van der Waals surface area contributed by atoms with Crippen LogP contribution in [0.5, 0.6) is 0 Å². The molecule has 1 aliphatic heterocycles. The Kier molecular flexibility index (Phi) is 5.17. The van der Waals surface area contributed by atoms with Gasteiger partial charge in [0.2, 0.25) is 5.95 Å². The van der Waals surface area contributed by atoms with Crippen molar-refractivity contribution in [3.8, 4) is 5.82 Å². The fourth-order valence-electron chi connectivity index (χ4n) is 5.58. The minimum absolute atomic E-state index is 0.203. The molecule has 1 fully saturated rings. The van der Waals surface area contributed by atoms with E-state index in [1.165, 1.54) is 34.7 Å². The summed E-state index contributed by atoms with van der Waals surface area (Å²) >= 11 is 0. The van der Waals surface area contributed by atoms with Gasteiger partial charge in [0.1, 0.15) is 5.39 Å². The smallest absolute Gasteiger partial charge is 0.278 e. The summed E-state index contributed by atoms with van der Waals surface area (Å²) < 4.78 is 4.66. The highest BCUT2D eigenvalue weighted by Crippen LogP contribution is 2.52. The van der Waals surface area contributed by atoms with Gasteiger partial charge in [-0.15, -0.1) is 5.10 Å². The zero-order valence-corrected chi connectivity index (χ0v) is 21.9. The molecule has 0 radical (unpaired) electrons. The van der Waals surface area contributed by atoms with Crippen molar-refractivity contribution in [1.82, 2.24) is 34.0 Å². The second-order valence-corrected chi connectivity index (χ2v) is 11.3. The van der Waals surface area contributed by atoms with E-state index in [0.717, 1.165) is 18.8 Å². The van der Waals surface area contributed by atoms with Gasteiger partial charge in [0, 0.05) is 43.0 Å². The molecule has 192 valence electrons. The van der Waals surface area contributed by atoms with Gasteiger partial charge in [0.05, 0.1) is 5.54 Å². The highest BCUT2D eigenvalue weighted by molar-refractivity contribution is 5.77. The van der Waals surface area contributed by atoms with E-state index in [1.54, 1.807) is 21.6 Å².